The maximum Gasteiger partial charge on any atom is 0.307 e. The van der Waals surface area contributed by atoms with Gasteiger partial charge >= 0.3 is 5.97 Å². The van der Waals surface area contributed by atoms with Crippen molar-refractivity contribution in [3.05, 3.63) is 83.7 Å². The van der Waals surface area contributed by atoms with E-state index in [0.717, 1.165) is 33.4 Å². The quantitative estimate of drug-likeness (QED) is 0.446. The first-order chi connectivity index (χ1) is 14.1. The molecule has 146 valence electrons. The summed E-state index contributed by atoms with van der Waals surface area (Å²) in [4.78, 5) is 18.9. The van der Waals surface area contributed by atoms with Crippen molar-refractivity contribution in [1.82, 2.24) is 9.97 Å². The van der Waals surface area contributed by atoms with Gasteiger partial charge in [-0.3, -0.25) is 4.79 Å². The molecule has 2 heterocycles. The van der Waals surface area contributed by atoms with Crippen LogP contribution in [-0.4, -0.2) is 21.0 Å². The number of carbonyl (C=O) groups is 1. The first-order valence-electron chi connectivity index (χ1n) is 9.33. The summed E-state index contributed by atoms with van der Waals surface area (Å²) in [6, 6.07) is 19.3. The highest BCUT2D eigenvalue weighted by atomic mass is 16.5. The van der Waals surface area contributed by atoms with Crippen LogP contribution >= 0.6 is 0 Å². The fraction of sp³-hybridized carbons (Fsp3) is 0.130. The molecule has 0 atom stereocenters. The first kappa shape index (κ1) is 18.7. The van der Waals surface area contributed by atoms with E-state index < -0.39 is 5.97 Å². The predicted octanol–water partition coefficient (Wildman–Crippen LogP) is 3.89. The number of fused-ring (bicyclic) bond motifs is 1. The van der Waals surface area contributed by atoms with E-state index in [1.54, 1.807) is 18.2 Å². The molecule has 0 saturated carbocycles. The number of hydrogen-bond donors (Lipinski definition) is 3. The van der Waals surface area contributed by atoms with Gasteiger partial charge < -0.3 is 20.6 Å². The molecule has 0 fully saturated rings. The van der Waals surface area contributed by atoms with Crippen LogP contribution in [0.3, 0.4) is 0 Å². The van der Waals surface area contributed by atoms with Crippen LogP contribution in [0.15, 0.2) is 66.9 Å². The molecule has 29 heavy (non-hydrogen) atoms. The number of hydrogen-bond acceptors (Lipinski definition) is 4. The Bertz CT molecular complexity index is 1170. The van der Waals surface area contributed by atoms with Gasteiger partial charge in [0.2, 0.25) is 0 Å². The van der Waals surface area contributed by atoms with Crippen molar-refractivity contribution in [2.45, 2.75) is 19.6 Å². The van der Waals surface area contributed by atoms with E-state index in [9.17, 15) is 4.79 Å². The van der Waals surface area contributed by atoms with E-state index in [4.69, 9.17) is 15.6 Å². The second-order valence-electron chi connectivity index (χ2n) is 6.77. The number of carboxylic acid groups (broad SMARTS) is 1. The minimum absolute atomic E-state index is 0.0869. The Morgan fingerprint density at radius 1 is 1.10 bits per heavy atom. The number of nitrogens with zero attached hydrogens (tertiary/aromatic N) is 1. The van der Waals surface area contributed by atoms with Crippen LogP contribution < -0.4 is 10.5 Å². The summed E-state index contributed by atoms with van der Waals surface area (Å²) >= 11 is 0. The van der Waals surface area contributed by atoms with Crippen molar-refractivity contribution in [2.75, 3.05) is 0 Å². The molecule has 2 aromatic carbocycles. The molecule has 0 aliphatic carbocycles. The number of nitrogens with one attached hydrogen (secondary N) is 1. The van der Waals surface area contributed by atoms with Crippen molar-refractivity contribution in [3.63, 3.8) is 0 Å². The number of benzene rings is 2. The summed E-state index contributed by atoms with van der Waals surface area (Å²) in [5.74, 6) is -0.344. The molecule has 0 amide bonds. The molecule has 4 aromatic rings. The summed E-state index contributed by atoms with van der Waals surface area (Å²) < 4.78 is 5.93. The molecule has 0 bridgehead atoms. The Morgan fingerprint density at radius 2 is 1.97 bits per heavy atom. The number of ether oxygens (including phenoxy) is 1. The number of carboxylic acids is 1. The van der Waals surface area contributed by atoms with Crippen LogP contribution in [0.1, 0.15) is 16.8 Å². The highest BCUT2D eigenvalue weighted by molar-refractivity contribution is 5.93. The van der Waals surface area contributed by atoms with Gasteiger partial charge in [-0.05, 0) is 41.0 Å². The molecule has 4 rings (SSSR count). The van der Waals surface area contributed by atoms with Gasteiger partial charge in [-0.15, -0.1) is 0 Å². The largest absolute Gasteiger partial charge is 0.487 e. The molecule has 4 N–H and O–H groups in total. The molecule has 0 radical (unpaired) electrons. The molecule has 0 aliphatic heterocycles. The number of rotatable bonds is 7. The Balaban J connectivity index is 1.67. The van der Waals surface area contributed by atoms with Crippen LogP contribution in [0.5, 0.6) is 5.75 Å². The zero-order valence-corrected chi connectivity index (χ0v) is 15.8. The predicted molar refractivity (Wildman–Crippen MR) is 112 cm³/mol. The summed E-state index contributed by atoms with van der Waals surface area (Å²) in [5, 5.41) is 10.1. The van der Waals surface area contributed by atoms with Gasteiger partial charge in [0, 0.05) is 23.7 Å². The fourth-order valence-corrected chi connectivity index (χ4v) is 3.37. The minimum atomic E-state index is -0.894. The molecule has 0 spiro atoms. The molecule has 0 saturated heterocycles. The maximum absolute atomic E-state index is 11.1. The first-order valence-corrected chi connectivity index (χ1v) is 9.33. The van der Waals surface area contributed by atoms with E-state index in [0.29, 0.717) is 17.9 Å². The van der Waals surface area contributed by atoms with Crippen LogP contribution in [0.25, 0.3) is 22.2 Å². The maximum atomic E-state index is 11.1. The zero-order valence-electron chi connectivity index (χ0n) is 15.8. The second-order valence-corrected chi connectivity index (χ2v) is 6.77. The Labute approximate surface area is 168 Å². The van der Waals surface area contributed by atoms with E-state index in [1.807, 2.05) is 42.6 Å². The van der Waals surface area contributed by atoms with Gasteiger partial charge in [-0.1, -0.05) is 36.4 Å². The molecule has 2 aromatic heterocycles. The lowest BCUT2D eigenvalue weighted by atomic mass is 10.0. The third-order valence-electron chi connectivity index (χ3n) is 4.75. The van der Waals surface area contributed by atoms with Crippen LogP contribution in [0.4, 0.5) is 0 Å². The number of aliphatic carboxylic acids is 1. The Morgan fingerprint density at radius 3 is 2.79 bits per heavy atom. The molecule has 6 nitrogen and oxygen atoms in total. The summed E-state index contributed by atoms with van der Waals surface area (Å²) in [6.45, 7) is 0.709. The lowest BCUT2D eigenvalue weighted by molar-refractivity contribution is -0.136. The van der Waals surface area contributed by atoms with Crippen LogP contribution in [-0.2, 0) is 24.4 Å². The third-order valence-corrected chi connectivity index (χ3v) is 4.75. The molecule has 6 heteroatoms. The topological polar surface area (TPSA) is 101 Å². The number of para-hydroxylation sites is 1. The number of aromatic amines is 1. The SMILES string of the molecule is NCc1cccc(-c2cc(COc3ccccc3CC(=O)O)nc3[nH]ccc23)c1. The molecule has 0 unspecified atom stereocenters. The smallest absolute Gasteiger partial charge is 0.307 e. The molecule has 0 aliphatic rings. The van der Waals surface area contributed by atoms with Crippen molar-refractivity contribution in [1.29, 1.82) is 0 Å². The van der Waals surface area contributed by atoms with E-state index in [2.05, 4.69) is 16.0 Å². The van der Waals surface area contributed by atoms with Crippen molar-refractivity contribution >= 4 is 17.0 Å². The average Bonchev–Trinajstić information content (AvgIpc) is 3.21. The van der Waals surface area contributed by atoms with Gasteiger partial charge in [-0.25, -0.2) is 4.98 Å². The Kier molecular flexibility index (Phi) is 5.27. The average molecular weight is 387 g/mol. The summed E-state index contributed by atoms with van der Waals surface area (Å²) in [5.41, 5.74) is 11.1. The van der Waals surface area contributed by atoms with Gasteiger partial charge in [0.25, 0.3) is 0 Å². The number of pyridine rings is 1. The lowest BCUT2D eigenvalue weighted by Gasteiger charge is -2.12. The molecular formula is C23H21N3O3. The monoisotopic (exact) mass is 387 g/mol. The number of H-pyrrole nitrogens is 1. The summed E-state index contributed by atoms with van der Waals surface area (Å²) in [6.07, 6.45) is 1.77. The Hall–Kier alpha value is -3.64. The van der Waals surface area contributed by atoms with Gasteiger partial charge in [0.1, 0.15) is 18.0 Å². The highest BCUT2D eigenvalue weighted by Crippen LogP contribution is 2.29. The number of nitrogens with two attached hydrogens (primary N) is 1. The fourth-order valence-electron chi connectivity index (χ4n) is 3.37. The minimum Gasteiger partial charge on any atom is -0.487 e. The van der Waals surface area contributed by atoms with Gasteiger partial charge in [0.05, 0.1) is 12.1 Å². The normalized spacial score (nSPS) is 10.9. The summed E-state index contributed by atoms with van der Waals surface area (Å²) in [7, 11) is 0. The third kappa shape index (κ3) is 4.12. The second kappa shape index (κ2) is 8.16. The van der Waals surface area contributed by atoms with Crippen molar-refractivity contribution < 1.29 is 14.6 Å². The lowest BCUT2D eigenvalue weighted by Crippen LogP contribution is -2.05. The molecular weight excluding hydrogens is 366 g/mol. The number of aromatic nitrogens is 2. The highest BCUT2D eigenvalue weighted by Gasteiger charge is 2.12. The van der Waals surface area contributed by atoms with Gasteiger partial charge in [-0.2, -0.15) is 0 Å². The van der Waals surface area contributed by atoms with Crippen molar-refractivity contribution in [3.8, 4) is 16.9 Å². The van der Waals surface area contributed by atoms with Crippen LogP contribution in [0.2, 0.25) is 0 Å². The zero-order chi connectivity index (χ0) is 20.2. The van der Waals surface area contributed by atoms with E-state index in [-0.39, 0.29) is 13.0 Å². The van der Waals surface area contributed by atoms with E-state index >= 15 is 0 Å². The van der Waals surface area contributed by atoms with Crippen molar-refractivity contribution in [2.24, 2.45) is 5.73 Å². The standard InChI is InChI=1S/C23H21N3O3/c24-13-15-4-3-6-16(10-15)20-12-18(26-23-19(20)8-9-25-23)14-29-21-7-2-1-5-17(21)11-22(27)28/h1-10,12H,11,13-14,24H2,(H,25,26)(H,27,28). The van der Waals surface area contributed by atoms with Crippen LogP contribution in [0, 0.1) is 0 Å². The van der Waals surface area contributed by atoms with E-state index in [1.165, 1.54) is 0 Å². The van der Waals surface area contributed by atoms with Gasteiger partial charge in [0.15, 0.2) is 0 Å².